The van der Waals surface area contributed by atoms with Crippen LogP contribution in [-0.4, -0.2) is 40.3 Å². The fourth-order valence-electron chi connectivity index (χ4n) is 2.86. The van der Waals surface area contributed by atoms with Crippen molar-refractivity contribution in [3.05, 3.63) is 42.2 Å². The van der Waals surface area contributed by atoms with Gasteiger partial charge in [-0.2, -0.15) is 0 Å². The highest BCUT2D eigenvalue weighted by atomic mass is 16.5. The smallest absolute Gasteiger partial charge is 0.315 e. The average molecular weight is 329 g/mol. The number of nitrogens with zero attached hydrogens (tertiary/aromatic N) is 3. The van der Waals surface area contributed by atoms with Crippen LogP contribution in [0.15, 0.2) is 36.7 Å². The van der Waals surface area contributed by atoms with Crippen molar-refractivity contribution in [1.82, 2.24) is 25.6 Å². The Morgan fingerprint density at radius 1 is 1.29 bits per heavy atom. The molecule has 1 aromatic heterocycles. The van der Waals surface area contributed by atoms with Gasteiger partial charge in [-0.05, 0) is 38.0 Å². The monoisotopic (exact) mass is 329 g/mol. The molecule has 1 aliphatic heterocycles. The van der Waals surface area contributed by atoms with Crippen molar-refractivity contribution in [3.8, 4) is 5.69 Å². The Hall–Kier alpha value is -2.41. The fourth-order valence-corrected chi connectivity index (χ4v) is 2.86. The Labute approximate surface area is 141 Å². The molecule has 0 saturated carbocycles. The molecule has 0 bridgehead atoms. The van der Waals surface area contributed by atoms with Crippen molar-refractivity contribution in [1.29, 1.82) is 0 Å². The standard InChI is InChI=1S/C17H23N5O2/c1-12(19-17(23)20-13(2)15-7-10-24-11-15)14-3-5-16(6-4-14)22-9-8-18-21-22/h3-6,8-9,12-13,15H,7,10-11H2,1-2H3,(H2,19,20,23)/t12-,13-,15+/m0/s1. The van der Waals surface area contributed by atoms with Gasteiger partial charge in [-0.3, -0.25) is 0 Å². The predicted molar refractivity (Wildman–Crippen MR) is 89.8 cm³/mol. The van der Waals surface area contributed by atoms with E-state index in [9.17, 15) is 4.79 Å². The summed E-state index contributed by atoms with van der Waals surface area (Å²) in [6.07, 6.45) is 4.43. The molecule has 2 aromatic rings. The Morgan fingerprint density at radius 3 is 2.71 bits per heavy atom. The van der Waals surface area contributed by atoms with Crippen molar-refractivity contribution in [2.45, 2.75) is 32.4 Å². The van der Waals surface area contributed by atoms with Crippen LogP contribution in [0.5, 0.6) is 0 Å². The molecule has 2 N–H and O–H groups in total. The van der Waals surface area contributed by atoms with Crippen LogP contribution in [0, 0.1) is 5.92 Å². The van der Waals surface area contributed by atoms with Crippen LogP contribution in [-0.2, 0) is 4.74 Å². The highest BCUT2D eigenvalue weighted by Crippen LogP contribution is 2.17. The number of carbonyl (C=O) groups is 1. The molecule has 3 atom stereocenters. The van der Waals surface area contributed by atoms with Crippen molar-refractivity contribution in [2.24, 2.45) is 5.92 Å². The molecule has 7 heteroatoms. The lowest BCUT2D eigenvalue weighted by molar-refractivity contribution is 0.177. The Balaban J connectivity index is 1.54. The first kappa shape index (κ1) is 16.4. The number of urea groups is 1. The highest BCUT2D eigenvalue weighted by molar-refractivity contribution is 5.74. The zero-order valence-corrected chi connectivity index (χ0v) is 14.0. The molecule has 7 nitrogen and oxygen atoms in total. The summed E-state index contributed by atoms with van der Waals surface area (Å²) in [6, 6.07) is 7.75. The minimum absolute atomic E-state index is 0.0816. The van der Waals surface area contributed by atoms with Gasteiger partial charge in [0.2, 0.25) is 0 Å². The van der Waals surface area contributed by atoms with Gasteiger partial charge in [-0.1, -0.05) is 17.3 Å². The Bertz CT molecular complexity index is 650. The normalized spacial score (nSPS) is 19.7. The molecule has 1 aliphatic rings. The summed E-state index contributed by atoms with van der Waals surface area (Å²) in [4.78, 5) is 12.2. The van der Waals surface area contributed by atoms with Crippen LogP contribution in [0.2, 0.25) is 0 Å². The third kappa shape index (κ3) is 3.91. The van der Waals surface area contributed by atoms with Gasteiger partial charge in [0.05, 0.1) is 30.7 Å². The molecule has 0 aliphatic carbocycles. The molecule has 128 valence electrons. The van der Waals surface area contributed by atoms with Crippen molar-refractivity contribution in [3.63, 3.8) is 0 Å². The zero-order valence-electron chi connectivity index (χ0n) is 14.0. The molecular formula is C17H23N5O2. The van der Waals surface area contributed by atoms with Crippen LogP contribution in [0.3, 0.4) is 0 Å². The fraction of sp³-hybridized carbons (Fsp3) is 0.471. The number of ether oxygens (including phenoxy) is 1. The van der Waals surface area contributed by atoms with E-state index in [0.29, 0.717) is 5.92 Å². The molecule has 0 radical (unpaired) electrons. The minimum Gasteiger partial charge on any atom is -0.381 e. The Kier molecular flexibility index (Phi) is 5.10. The lowest BCUT2D eigenvalue weighted by Gasteiger charge is -2.21. The highest BCUT2D eigenvalue weighted by Gasteiger charge is 2.23. The molecule has 3 rings (SSSR count). The lowest BCUT2D eigenvalue weighted by Crippen LogP contribution is -2.44. The van der Waals surface area contributed by atoms with E-state index >= 15 is 0 Å². The van der Waals surface area contributed by atoms with Crippen molar-refractivity contribution in [2.75, 3.05) is 13.2 Å². The van der Waals surface area contributed by atoms with Gasteiger partial charge in [0, 0.05) is 18.6 Å². The quantitative estimate of drug-likeness (QED) is 0.880. The number of carbonyl (C=O) groups excluding carboxylic acids is 1. The van der Waals surface area contributed by atoms with Gasteiger partial charge in [-0.25, -0.2) is 9.48 Å². The summed E-state index contributed by atoms with van der Waals surface area (Å²) in [5.41, 5.74) is 1.97. The number of hydrogen-bond donors (Lipinski definition) is 2. The number of amides is 2. The van der Waals surface area contributed by atoms with Gasteiger partial charge in [0.1, 0.15) is 0 Å². The molecule has 2 heterocycles. The van der Waals surface area contributed by atoms with E-state index in [1.165, 1.54) is 0 Å². The molecule has 2 amide bonds. The van der Waals surface area contributed by atoms with Crippen molar-refractivity contribution >= 4 is 6.03 Å². The van der Waals surface area contributed by atoms with E-state index in [4.69, 9.17) is 4.74 Å². The molecule has 1 saturated heterocycles. The van der Waals surface area contributed by atoms with Crippen molar-refractivity contribution < 1.29 is 9.53 Å². The van der Waals surface area contributed by atoms with Gasteiger partial charge < -0.3 is 15.4 Å². The first-order valence-corrected chi connectivity index (χ1v) is 8.25. The number of aromatic nitrogens is 3. The molecule has 0 unspecified atom stereocenters. The van der Waals surface area contributed by atoms with Gasteiger partial charge in [0.25, 0.3) is 0 Å². The summed E-state index contributed by atoms with van der Waals surface area (Å²) in [6.45, 7) is 5.50. The maximum atomic E-state index is 12.2. The maximum absolute atomic E-state index is 12.2. The molecule has 1 fully saturated rings. The summed E-state index contributed by atoms with van der Waals surface area (Å²) in [5.74, 6) is 0.396. The van der Waals surface area contributed by atoms with Crippen LogP contribution in [0.25, 0.3) is 5.69 Å². The van der Waals surface area contributed by atoms with Crippen LogP contribution in [0.1, 0.15) is 31.9 Å². The average Bonchev–Trinajstić information content (AvgIpc) is 3.28. The SMILES string of the molecule is C[C@H](NC(=O)N[C@@H](C)[C@@H]1CCOC1)c1ccc(-n2ccnn2)cc1. The summed E-state index contributed by atoms with van der Waals surface area (Å²) < 4.78 is 7.06. The van der Waals surface area contributed by atoms with E-state index in [1.54, 1.807) is 17.1 Å². The Morgan fingerprint density at radius 2 is 2.08 bits per heavy atom. The minimum atomic E-state index is -0.151. The number of benzene rings is 1. The zero-order chi connectivity index (χ0) is 16.9. The summed E-state index contributed by atoms with van der Waals surface area (Å²) in [5, 5.41) is 13.7. The second-order valence-electron chi connectivity index (χ2n) is 6.19. The van der Waals surface area contributed by atoms with Crippen LogP contribution in [0.4, 0.5) is 4.79 Å². The second kappa shape index (κ2) is 7.44. The van der Waals surface area contributed by atoms with Crippen LogP contribution >= 0.6 is 0 Å². The van der Waals surface area contributed by atoms with Gasteiger partial charge >= 0.3 is 6.03 Å². The lowest BCUT2D eigenvalue weighted by atomic mass is 10.0. The topological polar surface area (TPSA) is 81.1 Å². The summed E-state index contributed by atoms with van der Waals surface area (Å²) in [7, 11) is 0. The molecular weight excluding hydrogens is 306 g/mol. The first-order valence-electron chi connectivity index (χ1n) is 8.25. The van der Waals surface area contributed by atoms with E-state index in [0.717, 1.165) is 30.9 Å². The van der Waals surface area contributed by atoms with E-state index in [2.05, 4.69) is 20.9 Å². The van der Waals surface area contributed by atoms with E-state index < -0.39 is 0 Å². The third-order valence-corrected chi connectivity index (χ3v) is 4.46. The predicted octanol–water partition coefficient (Wildman–Crippen LogP) is 2.05. The molecule has 0 spiro atoms. The van der Waals surface area contributed by atoms with E-state index in [1.807, 2.05) is 38.1 Å². The van der Waals surface area contributed by atoms with Gasteiger partial charge in [0.15, 0.2) is 0 Å². The van der Waals surface area contributed by atoms with E-state index in [-0.39, 0.29) is 18.1 Å². The molecule has 1 aromatic carbocycles. The van der Waals surface area contributed by atoms with Gasteiger partial charge in [-0.15, -0.1) is 5.10 Å². The maximum Gasteiger partial charge on any atom is 0.315 e. The van der Waals surface area contributed by atoms with Crippen LogP contribution < -0.4 is 10.6 Å². The summed E-state index contributed by atoms with van der Waals surface area (Å²) >= 11 is 0. The second-order valence-corrected chi connectivity index (χ2v) is 6.19. The number of nitrogens with one attached hydrogen (secondary N) is 2. The number of hydrogen-bond acceptors (Lipinski definition) is 4. The number of rotatable bonds is 5. The molecule has 24 heavy (non-hydrogen) atoms. The first-order chi connectivity index (χ1) is 11.6. The third-order valence-electron chi connectivity index (χ3n) is 4.46. The largest absolute Gasteiger partial charge is 0.381 e.